The Bertz CT molecular complexity index is 650. The second-order valence-corrected chi connectivity index (χ2v) is 8.27. The van der Waals surface area contributed by atoms with Crippen molar-refractivity contribution in [3.8, 4) is 0 Å². The van der Waals surface area contributed by atoms with E-state index in [0.29, 0.717) is 19.8 Å². The molecule has 2 aliphatic rings. The molecule has 1 aromatic rings. The summed E-state index contributed by atoms with van der Waals surface area (Å²) in [6, 6.07) is 4.49. The minimum absolute atomic E-state index is 0.379. The first-order valence-electron chi connectivity index (χ1n) is 10.0. The van der Waals surface area contributed by atoms with Crippen LogP contribution in [0.5, 0.6) is 0 Å². The van der Waals surface area contributed by atoms with Gasteiger partial charge < -0.3 is 14.7 Å². The minimum atomic E-state index is -0.421. The Balaban J connectivity index is 1.57. The normalized spacial score (nSPS) is 20.0. The van der Waals surface area contributed by atoms with Crippen LogP contribution in [0.15, 0.2) is 17.7 Å². The van der Waals surface area contributed by atoms with Gasteiger partial charge in [-0.25, -0.2) is 0 Å². The Hall–Kier alpha value is -0.870. The van der Waals surface area contributed by atoms with Crippen LogP contribution in [-0.4, -0.2) is 49.0 Å². The van der Waals surface area contributed by atoms with E-state index in [1.54, 1.807) is 0 Å². The summed E-state index contributed by atoms with van der Waals surface area (Å²) in [5.41, 5.74) is 6.28. The van der Waals surface area contributed by atoms with E-state index in [4.69, 9.17) is 16.3 Å². The second kappa shape index (κ2) is 9.36. The van der Waals surface area contributed by atoms with Crippen molar-refractivity contribution >= 4 is 16.6 Å². The van der Waals surface area contributed by atoms with E-state index < -0.39 is 6.10 Å². The average molecular weight is 378 g/mol. The Morgan fingerprint density at radius 1 is 1.08 bits per heavy atom. The van der Waals surface area contributed by atoms with Crippen molar-refractivity contribution in [1.82, 2.24) is 4.90 Å². The molecule has 0 radical (unpaired) electrons. The lowest BCUT2D eigenvalue weighted by atomic mass is 9.98. The standard InChI is InChI=1S/C22H32ClNO2/c1-16-11-18-7-6-8-19(22(23)21(18)12-17(16)2)14-26-15-20(25)13-24-9-4-3-5-10-24/h11-12,20,25H,3-10,13-15H2,1-2H3. The molecule has 0 spiro atoms. The molecule has 1 N–H and O–H groups in total. The predicted molar refractivity (Wildman–Crippen MR) is 109 cm³/mol. The summed E-state index contributed by atoms with van der Waals surface area (Å²) < 4.78 is 5.85. The van der Waals surface area contributed by atoms with Gasteiger partial charge in [0.2, 0.25) is 0 Å². The number of aliphatic hydroxyl groups excluding tert-OH is 1. The number of aryl methyl sites for hydroxylation is 3. The largest absolute Gasteiger partial charge is 0.389 e. The molecule has 3 rings (SSSR count). The van der Waals surface area contributed by atoms with Crippen LogP contribution in [0.4, 0.5) is 0 Å². The maximum absolute atomic E-state index is 10.3. The van der Waals surface area contributed by atoms with Gasteiger partial charge in [-0.15, -0.1) is 0 Å². The highest BCUT2D eigenvalue weighted by Gasteiger charge is 2.18. The fourth-order valence-electron chi connectivity index (χ4n) is 4.03. The first-order chi connectivity index (χ1) is 12.5. The molecule has 0 bridgehead atoms. The molecule has 0 aromatic heterocycles. The molecule has 26 heavy (non-hydrogen) atoms. The highest BCUT2D eigenvalue weighted by molar-refractivity contribution is 6.49. The Morgan fingerprint density at radius 3 is 2.58 bits per heavy atom. The molecule has 1 aliphatic carbocycles. The number of ether oxygens (including phenoxy) is 1. The van der Waals surface area contributed by atoms with E-state index in [1.165, 1.54) is 47.1 Å². The van der Waals surface area contributed by atoms with Crippen molar-refractivity contribution in [3.63, 3.8) is 0 Å². The molecule has 1 saturated heterocycles. The van der Waals surface area contributed by atoms with Gasteiger partial charge in [0, 0.05) is 11.6 Å². The lowest BCUT2D eigenvalue weighted by Crippen LogP contribution is -2.38. The van der Waals surface area contributed by atoms with Crippen LogP contribution in [0.3, 0.4) is 0 Å². The van der Waals surface area contributed by atoms with E-state index in [1.807, 2.05) is 0 Å². The van der Waals surface area contributed by atoms with Crippen LogP contribution in [-0.2, 0) is 11.2 Å². The number of halogens is 1. The zero-order valence-electron chi connectivity index (χ0n) is 16.2. The molecule has 1 unspecified atom stereocenters. The van der Waals surface area contributed by atoms with Crippen molar-refractivity contribution in [2.45, 2.75) is 58.5 Å². The fourth-order valence-corrected chi connectivity index (χ4v) is 4.35. The van der Waals surface area contributed by atoms with E-state index >= 15 is 0 Å². The van der Waals surface area contributed by atoms with E-state index in [2.05, 4.69) is 30.9 Å². The molecule has 0 saturated carbocycles. The average Bonchev–Trinajstić information content (AvgIpc) is 2.76. The first-order valence-corrected chi connectivity index (χ1v) is 10.4. The predicted octanol–water partition coefficient (Wildman–Crippen LogP) is 4.45. The molecule has 1 aromatic carbocycles. The lowest BCUT2D eigenvalue weighted by molar-refractivity contribution is 0.0204. The third-order valence-corrected chi connectivity index (χ3v) is 6.17. The summed E-state index contributed by atoms with van der Waals surface area (Å²) in [6.45, 7) is 8.11. The number of nitrogens with zero attached hydrogens (tertiary/aromatic N) is 1. The number of aliphatic hydroxyl groups is 1. The van der Waals surface area contributed by atoms with Crippen LogP contribution >= 0.6 is 11.6 Å². The SMILES string of the molecule is Cc1cc2c(cc1C)C(Cl)=C(COCC(O)CN1CCCCC1)CCC2. The number of hydrogen-bond acceptors (Lipinski definition) is 3. The van der Waals surface area contributed by atoms with Gasteiger partial charge in [-0.3, -0.25) is 0 Å². The van der Waals surface area contributed by atoms with Gasteiger partial charge in [-0.1, -0.05) is 30.2 Å². The zero-order valence-corrected chi connectivity index (χ0v) is 16.9. The summed E-state index contributed by atoms with van der Waals surface area (Å²) in [4.78, 5) is 2.34. The van der Waals surface area contributed by atoms with Crippen LogP contribution in [0.1, 0.15) is 54.4 Å². The number of fused-ring (bicyclic) bond motifs is 1. The van der Waals surface area contributed by atoms with Crippen LogP contribution in [0.25, 0.3) is 5.03 Å². The van der Waals surface area contributed by atoms with Gasteiger partial charge >= 0.3 is 0 Å². The molecule has 1 heterocycles. The van der Waals surface area contributed by atoms with Crippen molar-refractivity contribution in [1.29, 1.82) is 0 Å². The molecule has 3 nitrogen and oxygen atoms in total. The third kappa shape index (κ3) is 5.10. The number of β-amino-alcohol motifs (C(OH)–C–C–N with tert-alkyl or cyclic N) is 1. The Labute approximate surface area is 163 Å². The maximum Gasteiger partial charge on any atom is 0.0900 e. The van der Waals surface area contributed by atoms with Crippen LogP contribution in [0, 0.1) is 13.8 Å². The molecule has 4 heteroatoms. The van der Waals surface area contributed by atoms with Gasteiger partial charge in [-0.2, -0.15) is 0 Å². The van der Waals surface area contributed by atoms with Gasteiger partial charge in [0.25, 0.3) is 0 Å². The van der Waals surface area contributed by atoms with Gasteiger partial charge in [0.1, 0.15) is 0 Å². The number of piperidine rings is 1. The maximum atomic E-state index is 10.3. The number of benzene rings is 1. The Kier molecular flexibility index (Phi) is 7.16. The van der Waals surface area contributed by atoms with Crippen molar-refractivity contribution < 1.29 is 9.84 Å². The van der Waals surface area contributed by atoms with Gasteiger partial charge in [-0.05, 0) is 86.9 Å². The molecule has 1 atom stereocenters. The second-order valence-electron chi connectivity index (χ2n) is 7.89. The lowest BCUT2D eigenvalue weighted by Gasteiger charge is -2.28. The van der Waals surface area contributed by atoms with Crippen molar-refractivity contribution in [2.75, 3.05) is 32.8 Å². The summed E-state index contributed by atoms with van der Waals surface area (Å²) in [5, 5.41) is 11.1. The summed E-state index contributed by atoms with van der Waals surface area (Å²) in [6.07, 6.45) is 6.51. The molecular weight excluding hydrogens is 346 g/mol. The number of hydrogen-bond donors (Lipinski definition) is 1. The van der Waals surface area contributed by atoms with E-state index in [9.17, 15) is 5.11 Å². The summed E-state index contributed by atoms with van der Waals surface area (Å²) >= 11 is 6.74. The van der Waals surface area contributed by atoms with Gasteiger partial charge in [0.05, 0.1) is 19.3 Å². The molecule has 144 valence electrons. The Morgan fingerprint density at radius 2 is 1.81 bits per heavy atom. The molecular formula is C22H32ClNO2. The molecule has 0 amide bonds. The monoisotopic (exact) mass is 377 g/mol. The third-order valence-electron chi connectivity index (χ3n) is 5.70. The first kappa shape index (κ1) is 19.9. The van der Waals surface area contributed by atoms with Crippen LogP contribution < -0.4 is 0 Å². The fraction of sp³-hybridized carbons (Fsp3) is 0.636. The minimum Gasteiger partial charge on any atom is -0.389 e. The summed E-state index contributed by atoms with van der Waals surface area (Å²) in [7, 11) is 0. The molecule has 1 fully saturated rings. The van der Waals surface area contributed by atoms with Crippen molar-refractivity contribution in [3.05, 3.63) is 40.0 Å². The van der Waals surface area contributed by atoms with Crippen LogP contribution in [0.2, 0.25) is 0 Å². The van der Waals surface area contributed by atoms with E-state index in [-0.39, 0.29) is 0 Å². The highest BCUT2D eigenvalue weighted by Crippen LogP contribution is 2.34. The van der Waals surface area contributed by atoms with Gasteiger partial charge in [0.15, 0.2) is 0 Å². The van der Waals surface area contributed by atoms with E-state index in [0.717, 1.165) is 37.4 Å². The van der Waals surface area contributed by atoms with Crippen molar-refractivity contribution in [2.24, 2.45) is 0 Å². The zero-order chi connectivity index (χ0) is 18.5. The topological polar surface area (TPSA) is 32.7 Å². The number of likely N-dealkylation sites (tertiary alicyclic amines) is 1. The highest BCUT2D eigenvalue weighted by atomic mass is 35.5. The quantitative estimate of drug-likeness (QED) is 0.794. The number of rotatable bonds is 6. The smallest absolute Gasteiger partial charge is 0.0900 e. The molecule has 1 aliphatic heterocycles. The summed E-state index contributed by atoms with van der Waals surface area (Å²) in [5.74, 6) is 0.